The topological polar surface area (TPSA) is 64.6 Å². The minimum absolute atomic E-state index is 0.0984. The van der Waals surface area contributed by atoms with Gasteiger partial charge in [-0.1, -0.05) is 36.4 Å². The van der Waals surface area contributed by atoms with Gasteiger partial charge in [-0.05, 0) is 48.1 Å². The Morgan fingerprint density at radius 1 is 1.16 bits per heavy atom. The van der Waals surface area contributed by atoms with E-state index >= 15 is 0 Å². The average molecular weight is 339 g/mol. The van der Waals surface area contributed by atoms with E-state index < -0.39 is 6.09 Å². The van der Waals surface area contributed by atoms with Gasteiger partial charge in [0.1, 0.15) is 6.61 Å². The minimum atomic E-state index is -0.432. The van der Waals surface area contributed by atoms with Gasteiger partial charge in [0.05, 0.1) is 18.7 Å². The number of esters is 1. The second-order valence-electron chi connectivity index (χ2n) is 6.06. The molecule has 1 unspecified atom stereocenters. The van der Waals surface area contributed by atoms with Gasteiger partial charge in [0.25, 0.3) is 0 Å². The Balaban J connectivity index is 1.64. The third kappa shape index (κ3) is 4.18. The number of rotatable bonds is 4. The molecule has 25 heavy (non-hydrogen) atoms. The van der Waals surface area contributed by atoms with E-state index in [-0.39, 0.29) is 18.6 Å². The van der Waals surface area contributed by atoms with Crippen LogP contribution >= 0.6 is 0 Å². The number of hydrogen-bond donors (Lipinski definition) is 1. The van der Waals surface area contributed by atoms with Gasteiger partial charge in [-0.25, -0.2) is 9.59 Å². The Morgan fingerprint density at radius 3 is 2.72 bits per heavy atom. The molecule has 1 N–H and O–H groups in total. The molecule has 2 aromatic rings. The van der Waals surface area contributed by atoms with Crippen LogP contribution in [0, 0.1) is 0 Å². The molecule has 5 heteroatoms. The predicted molar refractivity (Wildman–Crippen MR) is 93.2 cm³/mol. The number of amides is 1. The van der Waals surface area contributed by atoms with Crippen LogP contribution in [-0.4, -0.2) is 19.2 Å². The summed E-state index contributed by atoms with van der Waals surface area (Å²) in [5, 5.41) is 2.93. The summed E-state index contributed by atoms with van der Waals surface area (Å²) in [5.41, 5.74) is 3.59. The Morgan fingerprint density at radius 2 is 1.96 bits per heavy atom. The standard InChI is InChI=1S/C20H21NO4/c1-24-19(22)16-10-11-17-15(12-16)8-5-9-18(17)21-20(23)25-13-14-6-3-2-4-7-14/h2-4,6-7,10-12,18H,5,8-9,13H2,1H3,(H,21,23). The van der Waals surface area contributed by atoms with Crippen LogP contribution in [0.5, 0.6) is 0 Å². The number of hydrogen-bond acceptors (Lipinski definition) is 4. The van der Waals surface area contributed by atoms with E-state index in [1.807, 2.05) is 42.5 Å². The van der Waals surface area contributed by atoms with E-state index in [4.69, 9.17) is 9.47 Å². The maximum atomic E-state index is 12.1. The summed E-state index contributed by atoms with van der Waals surface area (Å²) in [7, 11) is 1.37. The number of nitrogens with one attached hydrogen (secondary N) is 1. The van der Waals surface area contributed by atoms with Crippen molar-refractivity contribution in [2.24, 2.45) is 0 Å². The Kier molecular flexibility index (Phi) is 5.33. The monoisotopic (exact) mass is 339 g/mol. The molecule has 0 fully saturated rings. The maximum Gasteiger partial charge on any atom is 0.407 e. The third-order valence-electron chi connectivity index (χ3n) is 4.38. The summed E-state index contributed by atoms with van der Waals surface area (Å²) in [6.07, 6.45) is 2.25. The Bertz CT molecular complexity index is 758. The van der Waals surface area contributed by atoms with Crippen molar-refractivity contribution in [2.75, 3.05) is 7.11 Å². The third-order valence-corrected chi connectivity index (χ3v) is 4.38. The molecule has 1 aliphatic rings. The van der Waals surface area contributed by atoms with E-state index in [1.165, 1.54) is 7.11 Å². The summed E-state index contributed by atoms with van der Waals surface area (Å²) in [6.45, 7) is 0.244. The van der Waals surface area contributed by atoms with Crippen LogP contribution in [0.15, 0.2) is 48.5 Å². The molecular weight excluding hydrogens is 318 g/mol. The zero-order valence-electron chi connectivity index (χ0n) is 14.2. The first-order valence-electron chi connectivity index (χ1n) is 8.35. The van der Waals surface area contributed by atoms with E-state index in [0.29, 0.717) is 5.56 Å². The first-order chi connectivity index (χ1) is 12.2. The lowest BCUT2D eigenvalue weighted by Gasteiger charge is -2.26. The maximum absolute atomic E-state index is 12.1. The molecule has 0 bridgehead atoms. The second kappa shape index (κ2) is 7.83. The smallest absolute Gasteiger partial charge is 0.407 e. The van der Waals surface area contributed by atoms with Crippen LogP contribution in [0.4, 0.5) is 4.79 Å². The van der Waals surface area contributed by atoms with Crippen molar-refractivity contribution >= 4 is 12.1 Å². The van der Waals surface area contributed by atoms with Gasteiger partial charge in [-0.2, -0.15) is 0 Å². The number of carbonyl (C=O) groups excluding carboxylic acids is 2. The molecule has 1 amide bonds. The molecule has 0 saturated carbocycles. The largest absolute Gasteiger partial charge is 0.465 e. The van der Waals surface area contributed by atoms with Crippen molar-refractivity contribution in [1.29, 1.82) is 0 Å². The molecule has 5 nitrogen and oxygen atoms in total. The molecule has 1 aliphatic carbocycles. The fourth-order valence-electron chi connectivity index (χ4n) is 3.12. The fraction of sp³-hybridized carbons (Fsp3) is 0.300. The summed E-state index contributed by atoms with van der Waals surface area (Å²) >= 11 is 0. The van der Waals surface area contributed by atoms with Gasteiger partial charge in [0.15, 0.2) is 0 Å². The SMILES string of the molecule is COC(=O)c1ccc2c(c1)CCCC2NC(=O)OCc1ccccc1. The molecule has 1 atom stereocenters. The van der Waals surface area contributed by atoms with Gasteiger partial charge >= 0.3 is 12.1 Å². The van der Waals surface area contributed by atoms with Crippen molar-refractivity contribution in [2.45, 2.75) is 31.9 Å². The molecule has 0 saturated heterocycles. The number of aryl methyl sites for hydroxylation is 1. The van der Waals surface area contributed by atoms with E-state index in [2.05, 4.69) is 5.32 Å². The predicted octanol–water partition coefficient (Wildman–Crippen LogP) is 3.78. The van der Waals surface area contributed by atoms with Crippen LogP contribution in [-0.2, 0) is 22.5 Å². The fourth-order valence-corrected chi connectivity index (χ4v) is 3.12. The highest BCUT2D eigenvalue weighted by Crippen LogP contribution is 2.30. The average Bonchev–Trinajstić information content (AvgIpc) is 2.66. The highest BCUT2D eigenvalue weighted by molar-refractivity contribution is 5.89. The number of carbonyl (C=O) groups is 2. The molecule has 0 heterocycles. The van der Waals surface area contributed by atoms with E-state index in [1.54, 1.807) is 6.07 Å². The number of ether oxygens (including phenoxy) is 2. The summed E-state index contributed by atoms with van der Waals surface area (Å²) in [4.78, 5) is 23.8. The molecule has 2 aromatic carbocycles. The molecule has 0 aromatic heterocycles. The van der Waals surface area contributed by atoms with Gasteiger partial charge in [-0.3, -0.25) is 0 Å². The second-order valence-corrected chi connectivity index (χ2v) is 6.06. The van der Waals surface area contributed by atoms with Crippen LogP contribution in [0.2, 0.25) is 0 Å². The first kappa shape index (κ1) is 17.0. The van der Waals surface area contributed by atoms with Crippen molar-refractivity contribution in [3.05, 3.63) is 70.8 Å². The first-order valence-corrected chi connectivity index (χ1v) is 8.35. The molecule has 0 aliphatic heterocycles. The Labute approximate surface area is 147 Å². The lowest BCUT2D eigenvalue weighted by atomic mass is 9.86. The quantitative estimate of drug-likeness (QED) is 0.861. The molecule has 0 radical (unpaired) electrons. The molecule has 130 valence electrons. The van der Waals surface area contributed by atoms with Crippen molar-refractivity contribution < 1.29 is 19.1 Å². The minimum Gasteiger partial charge on any atom is -0.465 e. The highest BCUT2D eigenvalue weighted by Gasteiger charge is 2.23. The number of benzene rings is 2. The van der Waals surface area contributed by atoms with Gasteiger partial charge in [-0.15, -0.1) is 0 Å². The van der Waals surface area contributed by atoms with Crippen molar-refractivity contribution in [3.63, 3.8) is 0 Å². The zero-order chi connectivity index (χ0) is 17.6. The van der Waals surface area contributed by atoms with E-state index in [0.717, 1.165) is 36.0 Å². The lowest BCUT2D eigenvalue weighted by Crippen LogP contribution is -2.31. The Hall–Kier alpha value is -2.82. The molecule has 0 spiro atoms. The summed E-state index contributed by atoms with van der Waals surface area (Å²) < 4.78 is 10.1. The summed E-state index contributed by atoms with van der Waals surface area (Å²) in [6, 6.07) is 15.0. The van der Waals surface area contributed by atoms with Crippen LogP contribution in [0.3, 0.4) is 0 Å². The van der Waals surface area contributed by atoms with Crippen LogP contribution in [0.25, 0.3) is 0 Å². The number of alkyl carbamates (subject to hydrolysis) is 1. The van der Waals surface area contributed by atoms with Gasteiger partial charge in [0.2, 0.25) is 0 Å². The molecule has 3 rings (SSSR count). The number of methoxy groups -OCH3 is 1. The van der Waals surface area contributed by atoms with E-state index in [9.17, 15) is 9.59 Å². The number of fused-ring (bicyclic) bond motifs is 1. The van der Waals surface area contributed by atoms with Crippen LogP contribution in [0.1, 0.15) is 45.9 Å². The summed E-state index contributed by atoms with van der Waals surface area (Å²) in [5.74, 6) is -0.347. The van der Waals surface area contributed by atoms with Crippen molar-refractivity contribution in [3.8, 4) is 0 Å². The normalized spacial score (nSPS) is 15.8. The van der Waals surface area contributed by atoms with Gasteiger partial charge in [0, 0.05) is 0 Å². The van der Waals surface area contributed by atoms with Crippen molar-refractivity contribution in [1.82, 2.24) is 5.32 Å². The van der Waals surface area contributed by atoms with Crippen LogP contribution < -0.4 is 5.32 Å². The zero-order valence-corrected chi connectivity index (χ0v) is 14.2. The lowest BCUT2D eigenvalue weighted by molar-refractivity contribution is 0.0600. The molecular formula is C20H21NO4. The highest BCUT2D eigenvalue weighted by atomic mass is 16.5. The van der Waals surface area contributed by atoms with Gasteiger partial charge < -0.3 is 14.8 Å².